The molecule has 0 saturated carbocycles. The molecule has 0 aliphatic rings. The molecular formula is C16H13FeNO2. The Bertz CT molecular complexity index is 599. The Labute approximate surface area is 128 Å². The van der Waals surface area contributed by atoms with E-state index in [1.807, 2.05) is 60.7 Å². The number of hydrogen-bond acceptors (Lipinski definition) is 2. The van der Waals surface area contributed by atoms with Crippen LogP contribution in [-0.4, -0.2) is 4.92 Å². The van der Waals surface area contributed by atoms with Crippen LogP contribution >= 0.6 is 0 Å². The molecule has 0 atom stereocenters. The Morgan fingerprint density at radius 2 is 1.65 bits per heavy atom. The zero-order chi connectivity index (χ0) is 13.5. The van der Waals surface area contributed by atoms with Crippen LogP contribution in [-0.2, 0) is 17.1 Å². The predicted octanol–water partition coefficient (Wildman–Crippen LogP) is 4.38. The first kappa shape index (κ1) is 15.9. The summed E-state index contributed by atoms with van der Waals surface area (Å²) in [7, 11) is 0. The maximum atomic E-state index is 10.5. The van der Waals surface area contributed by atoms with Crippen LogP contribution in [0, 0.1) is 10.1 Å². The van der Waals surface area contributed by atoms with Crippen LogP contribution in [0.3, 0.4) is 0 Å². The van der Waals surface area contributed by atoms with Crippen LogP contribution in [0.25, 0.3) is 11.1 Å². The number of hydrogen-bond donors (Lipinski definition) is 0. The van der Waals surface area contributed by atoms with Gasteiger partial charge in [0.25, 0.3) is 0 Å². The van der Waals surface area contributed by atoms with Crippen molar-refractivity contribution in [2.45, 2.75) is 0 Å². The molecule has 102 valence electrons. The van der Waals surface area contributed by atoms with Gasteiger partial charge in [0.15, 0.2) is 0 Å². The van der Waals surface area contributed by atoms with Crippen LogP contribution in [0.15, 0.2) is 78.9 Å². The van der Waals surface area contributed by atoms with Crippen molar-refractivity contribution in [1.29, 1.82) is 0 Å². The smallest absolute Gasteiger partial charge is 0.259 e. The summed E-state index contributed by atoms with van der Waals surface area (Å²) >= 11 is 0. The second kappa shape index (κ2) is 8.10. The Morgan fingerprint density at radius 1 is 1.00 bits per heavy atom. The van der Waals surface area contributed by atoms with Crippen molar-refractivity contribution in [3.8, 4) is 11.1 Å². The SMILES string of the molecule is O=[N+]([O-])c1cccc(-[c-]2cccc2)c1.[Fe+2].c1cc[cH-]c1. The number of nitro benzene ring substituents is 1. The average molecular weight is 307 g/mol. The first-order chi connectivity index (χ1) is 9.27. The molecule has 0 N–H and O–H groups in total. The number of nitrogens with zero attached hydrogens (tertiary/aromatic N) is 1. The van der Waals surface area contributed by atoms with Crippen LogP contribution in [0.1, 0.15) is 0 Å². The molecule has 3 rings (SSSR count). The summed E-state index contributed by atoms with van der Waals surface area (Å²) in [5.74, 6) is 0. The van der Waals surface area contributed by atoms with E-state index in [2.05, 4.69) is 0 Å². The van der Waals surface area contributed by atoms with Gasteiger partial charge in [-0.2, -0.15) is 30.3 Å². The molecule has 0 heterocycles. The minimum Gasteiger partial charge on any atom is -0.259 e. The van der Waals surface area contributed by atoms with Crippen molar-refractivity contribution in [1.82, 2.24) is 0 Å². The maximum absolute atomic E-state index is 10.5. The largest absolute Gasteiger partial charge is 2.00 e. The molecule has 0 saturated heterocycles. The van der Waals surface area contributed by atoms with E-state index in [1.54, 1.807) is 12.1 Å². The van der Waals surface area contributed by atoms with E-state index >= 15 is 0 Å². The van der Waals surface area contributed by atoms with E-state index in [9.17, 15) is 10.1 Å². The molecular weight excluding hydrogens is 294 g/mol. The van der Waals surface area contributed by atoms with Gasteiger partial charge in [-0.15, -0.1) is 23.8 Å². The fraction of sp³-hybridized carbons (Fsp3) is 0. The summed E-state index contributed by atoms with van der Waals surface area (Å²) in [6.45, 7) is 0. The van der Waals surface area contributed by atoms with Gasteiger partial charge in [-0.25, -0.2) is 12.1 Å². The Hall–Kier alpha value is -2.16. The topological polar surface area (TPSA) is 43.1 Å². The van der Waals surface area contributed by atoms with Gasteiger partial charge < -0.3 is 0 Å². The van der Waals surface area contributed by atoms with Crippen LogP contribution < -0.4 is 0 Å². The van der Waals surface area contributed by atoms with Crippen molar-refractivity contribution in [3.05, 3.63) is 89.0 Å². The molecule has 0 bridgehead atoms. The number of non-ortho nitro benzene ring substituents is 1. The molecule has 0 radical (unpaired) electrons. The van der Waals surface area contributed by atoms with Crippen LogP contribution in [0.4, 0.5) is 5.69 Å². The molecule has 0 aliphatic carbocycles. The summed E-state index contributed by atoms with van der Waals surface area (Å²) in [5, 5.41) is 10.5. The number of nitro groups is 1. The summed E-state index contributed by atoms with van der Waals surface area (Å²) in [6.07, 6.45) is 0. The minimum absolute atomic E-state index is 0. The molecule has 20 heavy (non-hydrogen) atoms. The molecule has 0 aliphatic heterocycles. The van der Waals surface area contributed by atoms with Crippen molar-refractivity contribution in [2.24, 2.45) is 0 Å². The van der Waals surface area contributed by atoms with Crippen LogP contribution in [0.5, 0.6) is 0 Å². The van der Waals surface area contributed by atoms with Gasteiger partial charge in [0.1, 0.15) is 0 Å². The fourth-order valence-corrected chi connectivity index (χ4v) is 1.69. The fourth-order valence-electron chi connectivity index (χ4n) is 1.69. The summed E-state index contributed by atoms with van der Waals surface area (Å²) in [6, 6.07) is 24.3. The van der Waals surface area contributed by atoms with E-state index in [4.69, 9.17) is 0 Å². The normalized spacial score (nSPS) is 9.00. The molecule has 3 nitrogen and oxygen atoms in total. The molecule has 3 aromatic carbocycles. The van der Waals surface area contributed by atoms with Gasteiger partial charge in [0.2, 0.25) is 5.69 Å². The van der Waals surface area contributed by atoms with Gasteiger partial charge in [0.05, 0.1) is 4.92 Å². The van der Waals surface area contributed by atoms with Crippen molar-refractivity contribution < 1.29 is 22.0 Å². The third kappa shape index (κ3) is 4.50. The van der Waals surface area contributed by atoms with E-state index in [1.165, 1.54) is 6.07 Å². The first-order valence-corrected chi connectivity index (χ1v) is 5.90. The summed E-state index contributed by atoms with van der Waals surface area (Å²) in [5.41, 5.74) is 2.02. The monoisotopic (exact) mass is 307 g/mol. The second-order valence-corrected chi connectivity index (χ2v) is 3.94. The molecule has 0 spiro atoms. The molecule has 0 fully saturated rings. The first-order valence-electron chi connectivity index (χ1n) is 5.90. The van der Waals surface area contributed by atoms with Crippen molar-refractivity contribution in [3.63, 3.8) is 0 Å². The predicted molar refractivity (Wildman–Crippen MR) is 76.2 cm³/mol. The van der Waals surface area contributed by atoms with Crippen molar-refractivity contribution in [2.75, 3.05) is 0 Å². The zero-order valence-corrected chi connectivity index (χ0v) is 11.7. The van der Waals surface area contributed by atoms with E-state index in [0.29, 0.717) is 0 Å². The molecule has 4 heteroatoms. The zero-order valence-electron chi connectivity index (χ0n) is 10.6. The Kier molecular flexibility index (Phi) is 6.44. The van der Waals surface area contributed by atoms with Gasteiger partial charge in [-0.05, 0) is 6.07 Å². The molecule has 0 aromatic heterocycles. The third-order valence-corrected chi connectivity index (χ3v) is 2.61. The Morgan fingerprint density at radius 3 is 2.15 bits per heavy atom. The number of rotatable bonds is 2. The molecule has 0 unspecified atom stereocenters. The quantitative estimate of drug-likeness (QED) is 0.305. The van der Waals surface area contributed by atoms with Gasteiger partial charge >= 0.3 is 17.1 Å². The summed E-state index contributed by atoms with van der Waals surface area (Å²) < 4.78 is 0. The second-order valence-electron chi connectivity index (χ2n) is 3.94. The van der Waals surface area contributed by atoms with E-state index < -0.39 is 0 Å². The summed E-state index contributed by atoms with van der Waals surface area (Å²) in [4.78, 5) is 10.1. The molecule has 3 aromatic rings. The number of benzene rings is 1. The standard InChI is InChI=1S/C11H8NO2.C5H5.Fe/c13-12(14)11-7-3-6-10(8-11)9-4-1-2-5-9;1-2-4-5-3-1;/h1-8H;1-5H;/q2*-1;+2. The van der Waals surface area contributed by atoms with Gasteiger partial charge in [-0.1, -0.05) is 11.6 Å². The molecule has 0 amide bonds. The third-order valence-electron chi connectivity index (χ3n) is 2.61. The van der Waals surface area contributed by atoms with Crippen LogP contribution in [0.2, 0.25) is 0 Å². The minimum atomic E-state index is -0.382. The van der Waals surface area contributed by atoms with E-state index in [0.717, 1.165) is 11.1 Å². The van der Waals surface area contributed by atoms with Crippen molar-refractivity contribution >= 4 is 5.69 Å². The van der Waals surface area contributed by atoms with E-state index in [-0.39, 0.29) is 27.7 Å². The van der Waals surface area contributed by atoms with Gasteiger partial charge in [-0.3, -0.25) is 10.1 Å². The maximum Gasteiger partial charge on any atom is 2.00 e. The Balaban J connectivity index is 0.000000283. The average Bonchev–Trinajstić information content (AvgIpc) is 3.15. The van der Waals surface area contributed by atoms with Gasteiger partial charge in [0, 0.05) is 6.07 Å².